The van der Waals surface area contributed by atoms with Crippen LogP contribution in [-0.4, -0.2) is 59.7 Å². The molecule has 0 bridgehead atoms. The van der Waals surface area contributed by atoms with E-state index in [0.717, 1.165) is 12.0 Å². The summed E-state index contributed by atoms with van der Waals surface area (Å²) < 4.78 is 0. The number of carbonyl (C=O) groups is 4. The van der Waals surface area contributed by atoms with Gasteiger partial charge in [-0.2, -0.15) is 0 Å². The molecule has 168 valence electrons. The van der Waals surface area contributed by atoms with E-state index in [4.69, 9.17) is 11.5 Å². The Labute approximate surface area is 182 Å². The minimum absolute atomic E-state index is 0.00418. The average molecular weight is 430 g/mol. The monoisotopic (exact) mass is 429 g/mol. The topological polar surface area (TPSA) is 139 Å². The zero-order valence-electron chi connectivity index (χ0n) is 17.7. The summed E-state index contributed by atoms with van der Waals surface area (Å²) in [5.74, 6) is -1.14. The van der Waals surface area contributed by atoms with E-state index in [-0.39, 0.29) is 24.3 Å². The summed E-state index contributed by atoms with van der Waals surface area (Å²) in [4.78, 5) is 52.1. The largest absolute Gasteiger partial charge is 0.369 e. The average Bonchev–Trinajstić information content (AvgIpc) is 2.72. The Balaban J connectivity index is 1.61. The quantitative estimate of drug-likeness (QED) is 0.520. The van der Waals surface area contributed by atoms with Crippen molar-refractivity contribution in [1.82, 2.24) is 15.1 Å². The molecule has 1 aliphatic carbocycles. The standard InChI is InChI=1S/C22H31N5O4/c23-19(29)22(9-4-10-22)20(30)25-11-14-27(15-16-5-2-1-3-6-16)18(28)17-7-12-26(13-8-17)21(24)31/h1-3,5-6,17H,4,7-15H2,(H2,23,29)(H2,24,31)(H,25,30). The Morgan fingerprint density at radius 2 is 1.71 bits per heavy atom. The first-order chi connectivity index (χ1) is 14.8. The lowest BCUT2D eigenvalue weighted by atomic mass is 9.67. The van der Waals surface area contributed by atoms with Gasteiger partial charge in [0.05, 0.1) is 0 Å². The summed E-state index contributed by atoms with van der Waals surface area (Å²) in [6.45, 7) is 1.91. The van der Waals surface area contributed by atoms with E-state index in [2.05, 4.69) is 5.32 Å². The molecule has 1 heterocycles. The highest BCUT2D eigenvalue weighted by molar-refractivity contribution is 6.05. The molecule has 2 aliphatic rings. The molecule has 1 aromatic carbocycles. The number of piperidine rings is 1. The van der Waals surface area contributed by atoms with Crippen molar-refractivity contribution >= 4 is 23.8 Å². The molecule has 9 heteroatoms. The van der Waals surface area contributed by atoms with Gasteiger partial charge in [0.1, 0.15) is 5.41 Å². The van der Waals surface area contributed by atoms with Gasteiger partial charge in [0.25, 0.3) is 0 Å². The van der Waals surface area contributed by atoms with Crippen LogP contribution in [0.25, 0.3) is 0 Å². The van der Waals surface area contributed by atoms with Crippen molar-refractivity contribution < 1.29 is 19.2 Å². The second kappa shape index (κ2) is 9.80. The van der Waals surface area contributed by atoms with E-state index in [1.54, 1.807) is 9.80 Å². The summed E-state index contributed by atoms with van der Waals surface area (Å²) in [7, 11) is 0. The van der Waals surface area contributed by atoms with Gasteiger partial charge in [0.2, 0.25) is 17.7 Å². The maximum atomic E-state index is 13.2. The fourth-order valence-corrected chi connectivity index (χ4v) is 4.27. The van der Waals surface area contributed by atoms with E-state index in [1.165, 1.54) is 0 Å². The molecule has 9 nitrogen and oxygen atoms in total. The fourth-order valence-electron chi connectivity index (χ4n) is 4.27. The van der Waals surface area contributed by atoms with Crippen LogP contribution in [0.2, 0.25) is 0 Å². The van der Waals surface area contributed by atoms with E-state index in [9.17, 15) is 19.2 Å². The van der Waals surface area contributed by atoms with Crippen LogP contribution in [0.1, 0.15) is 37.7 Å². The molecule has 5 N–H and O–H groups in total. The second-order valence-corrected chi connectivity index (χ2v) is 8.40. The van der Waals surface area contributed by atoms with Crippen LogP contribution >= 0.6 is 0 Å². The van der Waals surface area contributed by atoms with Crippen LogP contribution in [0.3, 0.4) is 0 Å². The third kappa shape index (κ3) is 5.15. The van der Waals surface area contributed by atoms with Gasteiger partial charge in [-0.1, -0.05) is 36.8 Å². The van der Waals surface area contributed by atoms with Crippen molar-refractivity contribution in [1.29, 1.82) is 0 Å². The number of hydrogen-bond donors (Lipinski definition) is 3. The SMILES string of the molecule is NC(=O)N1CCC(C(=O)N(CCNC(=O)C2(C(N)=O)CCC2)Cc2ccccc2)CC1. The lowest BCUT2D eigenvalue weighted by molar-refractivity contribution is -0.148. The number of urea groups is 1. The van der Waals surface area contributed by atoms with Gasteiger partial charge in [-0.15, -0.1) is 0 Å². The van der Waals surface area contributed by atoms with Crippen molar-refractivity contribution in [2.75, 3.05) is 26.2 Å². The van der Waals surface area contributed by atoms with Crippen LogP contribution in [0.15, 0.2) is 30.3 Å². The molecule has 1 aromatic rings. The Hall–Kier alpha value is -3.10. The molecule has 0 radical (unpaired) electrons. The van der Waals surface area contributed by atoms with Gasteiger partial charge in [-0.3, -0.25) is 14.4 Å². The van der Waals surface area contributed by atoms with Crippen molar-refractivity contribution in [3.8, 4) is 0 Å². The Morgan fingerprint density at radius 1 is 1.06 bits per heavy atom. The Morgan fingerprint density at radius 3 is 2.23 bits per heavy atom. The smallest absolute Gasteiger partial charge is 0.314 e. The van der Waals surface area contributed by atoms with Gasteiger partial charge in [0.15, 0.2) is 0 Å². The van der Waals surface area contributed by atoms with E-state index in [1.807, 2.05) is 30.3 Å². The number of likely N-dealkylation sites (tertiary alicyclic amines) is 1. The highest BCUT2D eigenvalue weighted by Crippen LogP contribution is 2.40. The van der Waals surface area contributed by atoms with E-state index >= 15 is 0 Å². The molecule has 0 spiro atoms. The van der Waals surface area contributed by atoms with E-state index < -0.39 is 17.4 Å². The predicted octanol–water partition coefficient (Wildman–Crippen LogP) is 0.578. The number of benzene rings is 1. The van der Waals surface area contributed by atoms with Crippen molar-refractivity contribution in [3.63, 3.8) is 0 Å². The number of hydrogen-bond acceptors (Lipinski definition) is 4. The molecule has 31 heavy (non-hydrogen) atoms. The maximum Gasteiger partial charge on any atom is 0.314 e. The normalized spacial score (nSPS) is 18.0. The number of rotatable bonds is 8. The number of nitrogens with zero attached hydrogens (tertiary/aromatic N) is 2. The second-order valence-electron chi connectivity index (χ2n) is 8.40. The summed E-state index contributed by atoms with van der Waals surface area (Å²) in [5.41, 5.74) is 10.7. The molecule has 2 fully saturated rings. The van der Waals surface area contributed by atoms with Gasteiger partial charge in [-0.05, 0) is 31.2 Å². The molecule has 0 unspecified atom stereocenters. The highest BCUT2D eigenvalue weighted by atomic mass is 16.2. The zero-order chi connectivity index (χ0) is 22.4. The first-order valence-corrected chi connectivity index (χ1v) is 10.8. The van der Waals surface area contributed by atoms with Crippen molar-refractivity contribution in [2.24, 2.45) is 22.8 Å². The minimum Gasteiger partial charge on any atom is -0.369 e. The predicted molar refractivity (Wildman–Crippen MR) is 114 cm³/mol. The molecule has 0 aromatic heterocycles. The van der Waals surface area contributed by atoms with Gasteiger partial charge in [0, 0.05) is 38.6 Å². The van der Waals surface area contributed by atoms with Crippen molar-refractivity contribution in [2.45, 2.75) is 38.6 Å². The summed E-state index contributed by atoms with van der Waals surface area (Å²) >= 11 is 0. The minimum atomic E-state index is -1.10. The third-order valence-electron chi connectivity index (χ3n) is 6.46. The van der Waals surface area contributed by atoms with Gasteiger partial charge in [-0.25, -0.2) is 4.79 Å². The molecular weight excluding hydrogens is 398 g/mol. The van der Waals surface area contributed by atoms with E-state index in [0.29, 0.717) is 51.9 Å². The number of carbonyl (C=O) groups excluding carboxylic acids is 4. The molecule has 3 rings (SSSR count). The number of nitrogens with one attached hydrogen (secondary N) is 1. The van der Waals surface area contributed by atoms with Crippen LogP contribution in [0, 0.1) is 11.3 Å². The van der Waals surface area contributed by atoms with Crippen LogP contribution in [-0.2, 0) is 20.9 Å². The molecule has 1 saturated heterocycles. The molecule has 0 atom stereocenters. The first kappa shape index (κ1) is 22.6. The molecule has 1 aliphatic heterocycles. The number of primary amides is 2. The third-order valence-corrected chi connectivity index (χ3v) is 6.46. The lowest BCUT2D eigenvalue weighted by Crippen LogP contribution is -2.55. The van der Waals surface area contributed by atoms with Crippen molar-refractivity contribution in [3.05, 3.63) is 35.9 Å². The molecule has 5 amide bonds. The number of amides is 5. The van der Waals surface area contributed by atoms with Gasteiger partial charge < -0.3 is 26.6 Å². The molecular formula is C22H31N5O4. The van der Waals surface area contributed by atoms with Gasteiger partial charge >= 0.3 is 6.03 Å². The molecule has 1 saturated carbocycles. The fraction of sp³-hybridized carbons (Fsp3) is 0.545. The van der Waals surface area contributed by atoms with Crippen LogP contribution < -0.4 is 16.8 Å². The maximum absolute atomic E-state index is 13.2. The Kier molecular flexibility index (Phi) is 7.14. The first-order valence-electron chi connectivity index (χ1n) is 10.8. The summed E-state index contributed by atoms with van der Waals surface area (Å²) in [5, 5.41) is 2.80. The highest BCUT2D eigenvalue weighted by Gasteiger charge is 2.49. The van der Waals surface area contributed by atoms with Crippen LogP contribution in [0.4, 0.5) is 4.79 Å². The summed E-state index contributed by atoms with van der Waals surface area (Å²) in [6, 6.07) is 9.18. The lowest BCUT2D eigenvalue weighted by Gasteiger charge is -2.37. The number of nitrogens with two attached hydrogens (primary N) is 2. The Bertz CT molecular complexity index is 816. The summed E-state index contributed by atoms with van der Waals surface area (Å²) in [6.07, 6.45) is 2.87. The zero-order valence-corrected chi connectivity index (χ0v) is 17.7. The van der Waals surface area contributed by atoms with Crippen LogP contribution in [0.5, 0.6) is 0 Å².